The molecule has 0 atom stereocenters. The Morgan fingerprint density at radius 3 is 2.63 bits per heavy atom. The van der Waals surface area contributed by atoms with Gasteiger partial charge in [-0.1, -0.05) is 18.2 Å². The lowest BCUT2D eigenvalue weighted by Crippen LogP contribution is -2.01. The van der Waals surface area contributed by atoms with Crippen molar-refractivity contribution in [1.82, 2.24) is 25.2 Å². The van der Waals surface area contributed by atoms with Gasteiger partial charge in [0.15, 0.2) is 0 Å². The van der Waals surface area contributed by atoms with Gasteiger partial charge in [0.2, 0.25) is 5.82 Å². The molecule has 132 valence electrons. The molecule has 8 nitrogen and oxygen atoms in total. The van der Waals surface area contributed by atoms with E-state index in [0.717, 1.165) is 4.80 Å². The van der Waals surface area contributed by atoms with Gasteiger partial charge in [-0.15, -0.1) is 15.0 Å². The van der Waals surface area contributed by atoms with Crippen molar-refractivity contribution in [2.24, 2.45) is 0 Å². The van der Waals surface area contributed by atoms with E-state index in [1.165, 1.54) is 18.2 Å². The van der Waals surface area contributed by atoms with Gasteiger partial charge in [-0.25, -0.2) is 4.39 Å². The number of nitro benzene ring substituents is 1. The monoisotopic (exact) mass is 362 g/mol. The van der Waals surface area contributed by atoms with Crippen molar-refractivity contribution in [1.29, 1.82) is 0 Å². The summed E-state index contributed by atoms with van der Waals surface area (Å²) >= 11 is 0. The lowest BCUT2D eigenvalue weighted by molar-refractivity contribution is -0.384. The predicted molar refractivity (Wildman–Crippen MR) is 94.4 cm³/mol. The maximum absolute atomic E-state index is 14.2. The zero-order chi connectivity index (χ0) is 18.8. The van der Waals surface area contributed by atoms with E-state index >= 15 is 0 Å². The quantitative estimate of drug-likeness (QED) is 0.407. The highest BCUT2D eigenvalue weighted by Gasteiger charge is 2.17. The summed E-state index contributed by atoms with van der Waals surface area (Å²) in [4.78, 5) is 16.1. The van der Waals surface area contributed by atoms with Gasteiger partial charge in [-0.05, 0) is 41.1 Å². The van der Waals surface area contributed by atoms with Crippen LogP contribution in [0, 0.1) is 15.9 Å². The van der Waals surface area contributed by atoms with Crippen LogP contribution >= 0.6 is 0 Å². The maximum atomic E-state index is 14.2. The first-order valence-corrected chi connectivity index (χ1v) is 7.88. The van der Waals surface area contributed by atoms with Crippen LogP contribution in [0.5, 0.6) is 0 Å². The zero-order valence-electron chi connectivity index (χ0n) is 13.7. The molecule has 0 radical (unpaired) electrons. The zero-order valence-corrected chi connectivity index (χ0v) is 13.7. The van der Waals surface area contributed by atoms with E-state index in [9.17, 15) is 14.5 Å². The van der Waals surface area contributed by atoms with Gasteiger partial charge in [0.25, 0.3) is 5.69 Å². The Bertz CT molecular complexity index is 1130. The molecule has 0 spiro atoms. The Kier molecular flexibility index (Phi) is 4.09. The average molecular weight is 362 g/mol. The smallest absolute Gasteiger partial charge is 0.258 e. The molecular formula is C18H11FN6O2. The fourth-order valence-corrected chi connectivity index (χ4v) is 2.64. The summed E-state index contributed by atoms with van der Waals surface area (Å²) in [6.07, 6.45) is 1.60. The second kappa shape index (κ2) is 6.71. The first-order valence-electron chi connectivity index (χ1n) is 7.88. The Labute approximate surface area is 152 Å². The number of halogens is 1. The maximum Gasteiger partial charge on any atom is 0.277 e. The van der Waals surface area contributed by atoms with E-state index in [1.54, 1.807) is 48.7 Å². The summed E-state index contributed by atoms with van der Waals surface area (Å²) < 4.78 is 14.2. The SMILES string of the molecule is O=[N+]([O-])c1ccccc1-c1cc(F)cc(-n2nnc(-c3ccccn3)n2)c1. The highest BCUT2D eigenvalue weighted by Crippen LogP contribution is 2.31. The van der Waals surface area contributed by atoms with Crippen molar-refractivity contribution in [3.63, 3.8) is 0 Å². The number of benzene rings is 2. The molecule has 9 heteroatoms. The molecule has 0 bridgehead atoms. The minimum absolute atomic E-state index is 0.116. The van der Waals surface area contributed by atoms with Crippen molar-refractivity contribution in [3.8, 4) is 28.3 Å². The number of rotatable bonds is 4. The first-order chi connectivity index (χ1) is 13.1. The van der Waals surface area contributed by atoms with Crippen molar-refractivity contribution in [2.75, 3.05) is 0 Å². The third-order valence-corrected chi connectivity index (χ3v) is 3.83. The minimum atomic E-state index is -0.572. The molecule has 4 rings (SSSR count). The molecule has 27 heavy (non-hydrogen) atoms. The minimum Gasteiger partial charge on any atom is -0.258 e. The summed E-state index contributed by atoms with van der Waals surface area (Å²) in [5.41, 5.74) is 1.34. The van der Waals surface area contributed by atoms with Crippen LogP contribution in [0.3, 0.4) is 0 Å². The lowest BCUT2D eigenvalue weighted by atomic mass is 10.0. The van der Waals surface area contributed by atoms with Gasteiger partial charge >= 0.3 is 0 Å². The molecule has 0 saturated heterocycles. The Morgan fingerprint density at radius 2 is 1.85 bits per heavy atom. The molecule has 0 N–H and O–H groups in total. The molecular weight excluding hydrogens is 351 g/mol. The molecule has 2 heterocycles. The number of pyridine rings is 1. The van der Waals surface area contributed by atoms with Crippen molar-refractivity contribution < 1.29 is 9.31 Å². The average Bonchev–Trinajstić information content (AvgIpc) is 3.18. The summed E-state index contributed by atoms with van der Waals surface area (Å²) in [7, 11) is 0. The van der Waals surface area contributed by atoms with E-state index in [-0.39, 0.29) is 17.2 Å². The molecule has 0 aliphatic carbocycles. The molecule has 2 aromatic heterocycles. The van der Waals surface area contributed by atoms with E-state index in [1.807, 2.05) is 0 Å². The summed E-state index contributed by atoms with van der Waals surface area (Å²) in [6, 6.07) is 15.4. The fraction of sp³-hybridized carbons (Fsp3) is 0. The standard InChI is InChI=1S/C18H11FN6O2/c19-13-9-12(15-5-1-2-7-17(15)25(26)27)10-14(11-13)24-22-18(21-23-24)16-6-3-4-8-20-16/h1-11H. The number of para-hydroxylation sites is 1. The van der Waals surface area contributed by atoms with Crippen molar-refractivity contribution in [2.45, 2.75) is 0 Å². The van der Waals surface area contributed by atoms with Crippen LogP contribution in [-0.4, -0.2) is 30.1 Å². The van der Waals surface area contributed by atoms with Gasteiger partial charge in [0.1, 0.15) is 11.5 Å². The number of hydrogen-bond acceptors (Lipinski definition) is 6. The molecule has 4 aromatic rings. The van der Waals surface area contributed by atoms with Crippen LogP contribution in [0.15, 0.2) is 66.9 Å². The third kappa shape index (κ3) is 3.25. The normalized spacial score (nSPS) is 10.7. The molecule has 0 unspecified atom stereocenters. The fourth-order valence-electron chi connectivity index (χ4n) is 2.64. The molecule has 0 aliphatic rings. The molecule has 0 aliphatic heterocycles. The van der Waals surface area contributed by atoms with Gasteiger partial charge in [-0.2, -0.15) is 0 Å². The Balaban J connectivity index is 1.79. The summed E-state index contributed by atoms with van der Waals surface area (Å²) in [5.74, 6) is -0.288. The van der Waals surface area contributed by atoms with Gasteiger partial charge in [0, 0.05) is 18.3 Å². The highest BCUT2D eigenvalue weighted by molar-refractivity contribution is 5.74. The molecule has 2 aromatic carbocycles. The molecule has 0 fully saturated rings. The van der Waals surface area contributed by atoms with E-state index in [4.69, 9.17) is 0 Å². The Morgan fingerprint density at radius 1 is 1.04 bits per heavy atom. The summed E-state index contributed by atoms with van der Waals surface area (Å²) in [5, 5.41) is 23.3. The number of aromatic nitrogens is 5. The number of nitrogens with zero attached hydrogens (tertiary/aromatic N) is 6. The van der Waals surface area contributed by atoms with Gasteiger partial charge < -0.3 is 0 Å². The Hall–Kier alpha value is -4.01. The number of nitro groups is 1. The van der Waals surface area contributed by atoms with Crippen LogP contribution in [-0.2, 0) is 0 Å². The van der Waals surface area contributed by atoms with Gasteiger partial charge in [0.05, 0.1) is 16.2 Å². The third-order valence-electron chi connectivity index (χ3n) is 3.83. The second-order valence-corrected chi connectivity index (χ2v) is 5.59. The largest absolute Gasteiger partial charge is 0.277 e. The van der Waals surface area contributed by atoms with Crippen LogP contribution in [0.2, 0.25) is 0 Å². The number of tetrazole rings is 1. The van der Waals surface area contributed by atoms with E-state index < -0.39 is 10.7 Å². The number of hydrogen-bond donors (Lipinski definition) is 0. The van der Waals surface area contributed by atoms with E-state index in [2.05, 4.69) is 20.4 Å². The van der Waals surface area contributed by atoms with E-state index in [0.29, 0.717) is 16.8 Å². The topological polar surface area (TPSA) is 99.6 Å². The highest BCUT2D eigenvalue weighted by atomic mass is 19.1. The molecule has 0 saturated carbocycles. The predicted octanol–water partition coefficient (Wildman–Crippen LogP) is 3.44. The van der Waals surface area contributed by atoms with Crippen LogP contribution < -0.4 is 0 Å². The molecule has 0 amide bonds. The van der Waals surface area contributed by atoms with Crippen molar-refractivity contribution in [3.05, 3.63) is 82.8 Å². The first kappa shape index (κ1) is 16.5. The second-order valence-electron chi connectivity index (χ2n) is 5.59. The van der Waals surface area contributed by atoms with Gasteiger partial charge in [-0.3, -0.25) is 15.1 Å². The van der Waals surface area contributed by atoms with Crippen LogP contribution in [0.1, 0.15) is 0 Å². The lowest BCUT2D eigenvalue weighted by Gasteiger charge is -2.06. The van der Waals surface area contributed by atoms with Crippen LogP contribution in [0.4, 0.5) is 10.1 Å². The summed E-state index contributed by atoms with van der Waals surface area (Å²) in [6.45, 7) is 0. The van der Waals surface area contributed by atoms with Crippen molar-refractivity contribution >= 4 is 5.69 Å². The van der Waals surface area contributed by atoms with Crippen LogP contribution in [0.25, 0.3) is 28.3 Å².